The monoisotopic (exact) mass is 341 g/mol. The predicted molar refractivity (Wildman–Crippen MR) is 112 cm³/mol. The van der Waals surface area contributed by atoms with Crippen molar-refractivity contribution in [1.82, 2.24) is 4.90 Å². The second-order valence-electron chi connectivity index (χ2n) is 7.32. The van der Waals surface area contributed by atoms with Gasteiger partial charge < -0.3 is 4.90 Å². The van der Waals surface area contributed by atoms with E-state index in [1.165, 1.54) is 48.1 Å². The molecule has 0 radical (unpaired) electrons. The van der Waals surface area contributed by atoms with Crippen LogP contribution in [0.2, 0.25) is 0 Å². The Bertz CT molecular complexity index is 799. The first-order chi connectivity index (χ1) is 12.9. The van der Waals surface area contributed by atoms with Gasteiger partial charge in [-0.2, -0.15) is 0 Å². The maximum atomic E-state index is 2.53. The van der Waals surface area contributed by atoms with Crippen LogP contribution in [-0.2, 0) is 0 Å². The molecule has 2 aromatic carbocycles. The normalized spacial score (nSPS) is 19.8. The molecule has 1 unspecified atom stereocenters. The summed E-state index contributed by atoms with van der Waals surface area (Å²) in [5, 5.41) is 0. The molecule has 0 saturated carbocycles. The van der Waals surface area contributed by atoms with Crippen molar-refractivity contribution in [2.45, 2.75) is 25.7 Å². The van der Waals surface area contributed by atoms with Crippen LogP contribution in [0.1, 0.15) is 36.8 Å². The molecule has 1 heterocycles. The van der Waals surface area contributed by atoms with E-state index < -0.39 is 0 Å². The Morgan fingerprint density at radius 3 is 2.31 bits per heavy atom. The smallest absolute Gasteiger partial charge is 0.0442 e. The molecule has 1 heteroatoms. The molecule has 132 valence electrons. The molecule has 0 spiro atoms. The van der Waals surface area contributed by atoms with Crippen molar-refractivity contribution in [3.8, 4) is 0 Å². The number of hydrogen-bond donors (Lipinski definition) is 0. The Morgan fingerprint density at radius 2 is 1.62 bits per heavy atom. The topological polar surface area (TPSA) is 3.24 Å². The Balaban J connectivity index is 1.35. The molecule has 1 atom stereocenters. The second-order valence-corrected chi connectivity index (χ2v) is 7.32. The van der Waals surface area contributed by atoms with E-state index >= 15 is 0 Å². The fourth-order valence-corrected chi connectivity index (χ4v) is 4.05. The van der Waals surface area contributed by atoms with Crippen LogP contribution in [0.3, 0.4) is 0 Å². The Kier molecular flexibility index (Phi) is 5.35. The average Bonchev–Trinajstić information content (AvgIpc) is 2.74. The van der Waals surface area contributed by atoms with Gasteiger partial charge in [0.15, 0.2) is 0 Å². The van der Waals surface area contributed by atoms with Crippen molar-refractivity contribution < 1.29 is 0 Å². The summed E-state index contributed by atoms with van der Waals surface area (Å²) in [5.74, 6) is 0.811. The molecule has 1 aliphatic heterocycles. The summed E-state index contributed by atoms with van der Waals surface area (Å²) in [6, 6.07) is 21.6. The quantitative estimate of drug-likeness (QED) is 0.628. The molecule has 1 nitrogen and oxygen atoms in total. The summed E-state index contributed by atoms with van der Waals surface area (Å²) in [6.07, 6.45) is 14.2. The summed E-state index contributed by atoms with van der Waals surface area (Å²) >= 11 is 0. The molecule has 0 aromatic heterocycles. The van der Waals surface area contributed by atoms with Crippen molar-refractivity contribution >= 4 is 11.3 Å². The van der Waals surface area contributed by atoms with Gasteiger partial charge in [-0.25, -0.2) is 0 Å². The number of benzene rings is 2. The maximum Gasteiger partial charge on any atom is 0.0442 e. The number of allylic oxidation sites excluding steroid dienone is 4. The van der Waals surface area contributed by atoms with Crippen LogP contribution in [-0.4, -0.2) is 18.0 Å². The van der Waals surface area contributed by atoms with E-state index in [0.717, 1.165) is 19.0 Å². The number of nitrogens with zero attached hydrogens (tertiary/aromatic N) is 1. The Morgan fingerprint density at radius 1 is 0.885 bits per heavy atom. The van der Waals surface area contributed by atoms with E-state index in [1.54, 1.807) is 0 Å². The Labute approximate surface area is 157 Å². The molecule has 2 aliphatic rings. The minimum absolute atomic E-state index is 0.811. The number of rotatable bonds is 5. The molecule has 1 aliphatic carbocycles. The Hall–Kier alpha value is -2.54. The van der Waals surface area contributed by atoms with Crippen LogP contribution in [0.4, 0.5) is 0 Å². The predicted octanol–water partition coefficient (Wildman–Crippen LogP) is 6.17. The molecule has 0 amide bonds. The highest BCUT2D eigenvalue weighted by molar-refractivity contribution is 5.67. The van der Waals surface area contributed by atoms with Crippen molar-refractivity contribution in [2.24, 2.45) is 5.92 Å². The van der Waals surface area contributed by atoms with Crippen molar-refractivity contribution in [3.05, 3.63) is 96.1 Å². The fraction of sp³-hybridized carbons (Fsp3) is 0.280. The highest BCUT2D eigenvalue weighted by Crippen LogP contribution is 2.32. The third-order valence-corrected chi connectivity index (χ3v) is 5.60. The van der Waals surface area contributed by atoms with Gasteiger partial charge in [-0.15, -0.1) is 0 Å². The van der Waals surface area contributed by atoms with Gasteiger partial charge in [0.05, 0.1) is 0 Å². The zero-order valence-corrected chi connectivity index (χ0v) is 15.4. The summed E-state index contributed by atoms with van der Waals surface area (Å²) in [5.41, 5.74) is 5.63. The van der Waals surface area contributed by atoms with Crippen LogP contribution >= 0.6 is 0 Å². The first kappa shape index (κ1) is 16.9. The molecule has 0 saturated heterocycles. The standard InChI is InChI=1S/C25H27N/c1-3-9-22(10-4-1)23-16-14-21(15-17-23)18-20-26-19-8-7-13-25(26)24-11-5-2-6-12-24/h1-13,16,21H,14-15,17-20H2. The third-order valence-electron chi connectivity index (χ3n) is 5.60. The highest BCUT2D eigenvalue weighted by atomic mass is 15.1. The van der Waals surface area contributed by atoms with Crippen molar-refractivity contribution in [3.63, 3.8) is 0 Å². The zero-order valence-electron chi connectivity index (χ0n) is 15.4. The first-order valence-corrected chi connectivity index (χ1v) is 9.82. The minimum atomic E-state index is 0.811. The van der Waals surface area contributed by atoms with E-state index in [4.69, 9.17) is 0 Å². The van der Waals surface area contributed by atoms with Crippen molar-refractivity contribution in [1.29, 1.82) is 0 Å². The van der Waals surface area contributed by atoms with Crippen LogP contribution in [0.25, 0.3) is 11.3 Å². The van der Waals surface area contributed by atoms with Gasteiger partial charge in [-0.1, -0.05) is 78.9 Å². The lowest BCUT2D eigenvalue weighted by Crippen LogP contribution is -2.27. The molecular formula is C25H27N. The lowest BCUT2D eigenvalue weighted by Gasteiger charge is -2.31. The fourth-order valence-electron chi connectivity index (χ4n) is 4.05. The van der Waals surface area contributed by atoms with E-state index in [2.05, 4.69) is 89.9 Å². The third kappa shape index (κ3) is 3.99. The SMILES string of the molecule is C1=CCN(CCC2CC=C(c3ccccc3)CC2)C(c2ccccc2)=C1. The lowest BCUT2D eigenvalue weighted by atomic mass is 9.85. The van der Waals surface area contributed by atoms with Crippen LogP contribution < -0.4 is 0 Å². The lowest BCUT2D eigenvalue weighted by molar-refractivity contribution is 0.353. The van der Waals surface area contributed by atoms with Gasteiger partial charge in [0, 0.05) is 18.8 Å². The average molecular weight is 341 g/mol. The largest absolute Gasteiger partial charge is 0.367 e. The van der Waals surface area contributed by atoms with Gasteiger partial charge in [0.25, 0.3) is 0 Å². The van der Waals surface area contributed by atoms with E-state index in [1.807, 2.05) is 0 Å². The summed E-state index contributed by atoms with van der Waals surface area (Å²) in [6.45, 7) is 2.17. The molecule has 0 fully saturated rings. The summed E-state index contributed by atoms with van der Waals surface area (Å²) in [7, 11) is 0. The van der Waals surface area contributed by atoms with Gasteiger partial charge in [0.1, 0.15) is 0 Å². The van der Waals surface area contributed by atoms with E-state index in [0.29, 0.717) is 0 Å². The summed E-state index contributed by atoms with van der Waals surface area (Å²) in [4.78, 5) is 2.53. The molecule has 0 N–H and O–H groups in total. The minimum Gasteiger partial charge on any atom is -0.367 e. The highest BCUT2D eigenvalue weighted by Gasteiger charge is 2.18. The van der Waals surface area contributed by atoms with Crippen LogP contribution in [0, 0.1) is 5.92 Å². The van der Waals surface area contributed by atoms with Gasteiger partial charge in [-0.3, -0.25) is 0 Å². The molecule has 26 heavy (non-hydrogen) atoms. The first-order valence-electron chi connectivity index (χ1n) is 9.82. The summed E-state index contributed by atoms with van der Waals surface area (Å²) < 4.78 is 0. The molecule has 4 rings (SSSR count). The van der Waals surface area contributed by atoms with E-state index in [9.17, 15) is 0 Å². The second kappa shape index (κ2) is 8.23. The van der Waals surface area contributed by atoms with Gasteiger partial charge >= 0.3 is 0 Å². The van der Waals surface area contributed by atoms with Crippen LogP contribution in [0.5, 0.6) is 0 Å². The zero-order chi connectivity index (χ0) is 17.6. The van der Waals surface area contributed by atoms with Crippen molar-refractivity contribution in [2.75, 3.05) is 13.1 Å². The maximum absolute atomic E-state index is 2.53. The van der Waals surface area contributed by atoms with Crippen LogP contribution in [0.15, 0.2) is 85.0 Å². The molecular weight excluding hydrogens is 314 g/mol. The van der Waals surface area contributed by atoms with E-state index in [-0.39, 0.29) is 0 Å². The van der Waals surface area contributed by atoms with Gasteiger partial charge in [0.2, 0.25) is 0 Å². The molecule has 2 aromatic rings. The molecule has 0 bridgehead atoms. The number of hydrogen-bond acceptors (Lipinski definition) is 1. The van der Waals surface area contributed by atoms with Gasteiger partial charge in [-0.05, 0) is 54.4 Å².